The van der Waals surface area contributed by atoms with E-state index in [1.807, 2.05) is 42.5 Å². The normalized spacial score (nSPS) is 10.8. The van der Waals surface area contributed by atoms with Crippen molar-refractivity contribution in [3.05, 3.63) is 58.2 Å². The first-order valence-electron chi connectivity index (χ1n) is 6.70. The molecule has 0 spiro atoms. The standard InChI is InChI=1S/C16H19BrN2O/c1-12(2)18-10-15-7-4-8-16(19-15)20-11-13-5-3-6-14(17)9-13/h3-9,12,18H,10-11H2,1-2H3. The second-order valence-corrected chi connectivity index (χ2v) is 5.84. The zero-order chi connectivity index (χ0) is 14.4. The molecule has 0 unspecified atom stereocenters. The minimum absolute atomic E-state index is 0.447. The summed E-state index contributed by atoms with van der Waals surface area (Å²) < 4.78 is 6.79. The van der Waals surface area contributed by atoms with Crippen molar-refractivity contribution in [2.24, 2.45) is 0 Å². The third-order valence-corrected chi connectivity index (χ3v) is 3.24. The number of hydrogen-bond acceptors (Lipinski definition) is 3. The molecule has 0 atom stereocenters. The van der Waals surface area contributed by atoms with E-state index in [4.69, 9.17) is 4.74 Å². The van der Waals surface area contributed by atoms with Gasteiger partial charge in [-0.25, -0.2) is 4.98 Å². The number of rotatable bonds is 6. The lowest BCUT2D eigenvalue weighted by molar-refractivity contribution is 0.292. The summed E-state index contributed by atoms with van der Waals surface area (Å²) in [6, 6.07) is 14.4. The third-order valence-electron chi connectivity index (χ3n) is 2.75. The molecule has 0 amide bonds. The van der Waals surface area contributed by atoms with Crippen LogP contribution in [-0.2, 0) is 13.2 Å². The highest BCUT2D eigenvalue weighted by Crippen LogP contribution is 2.14. The van der Waals surface area contributed by atoms with Crippen molar-refractivity contribution < 1.29 is 4.74 Å². The van der Waals surface area contributed by atoms with Gasteiger partial charge in [0.2, 0.25) is 5.88 Å². The minimum atomic E-state index is 0.447. The zero-order valence-corrected chi connectivity index (χ0v) is 13.4. The fraction of sp³-hybridized carbons (Fsp3) is 0.312. The van der Waals surface area contributed by atoms with Gasteiger partial charge < -0.3 is 10.1 Å². The van der Waals surface area contributed by atoms with E-state index in [1.165, 1.54) is 0 Å². The summed E-state index contributed by atoms with van der Waals surface area (Å²) in [5, 5.41) is 3.35. The molecule has 4 heteroatoms. The summed E-state index contributed by atoms with van der Waals surface area (Å²) in [6.07, 6.45) is 0. The van der Waals surface area contributed by atoms with Crippen LogP contribution in [0.4, 0.5) is 0 Å². The number of nitrogens with one attached hydrogen (secondary N) is 1. The molecule has 106 valence electrons. The van der Waals surface area contributed by atoms with E-state index in [1.54, 1.807) is 0 Å². The molecule has 0 aliphatic heterocycles. The number of aromatic nitrogens is 1. The Hall–Kier alpha value is -1.39. The molecule has 2 rings (SSSR count). The average Bonchev–Trinajstić information content (AvgIpc) is 2.43. The lowest BCUT2D eigenvalue weighted by Gasteiger charge is -2.10. The Morgan fingerprint density at radius 1 is 1.20 bits per heavy atom. The maximum Gasteiger partial charge on any atom is 0.213 e. The van der Waals surface area contributed by atoms with Gasteiger partial charge in [-0.2, -0.15) is 0 Å². The van der Waals surface area contributed by atoms with Crippen molar-refractivity contribution in [3.63, 3.8) is 0 Å². The first-order chi connectivity index (χ1) is 9.63. The molecule has 1 aromatic carbocycles. The van der Waals surface area contributed by atoms with Crippen molar-refractivity contribution in [3.8, 4) is 5.88 Å². The molecule has 3 nitrogen and oxygen atoms in total. The van der Waals surface area contributed by atoms with Crippen LogP contribution in [0.25, 0.3) is 0 Å². The van der Waals surface area contributed by atoms with Gasteiger partial charge in [0.25, 0.3) is 0 Å². The maximum absolute atomic E-state index is 5.73. The average molecular weight is 335 g/mol. The van der Waals surface area contributed by atoms with E-state index in [-0.39, 0.29) is 0 Å². The molecule has 20 heavy (non-hydrogen) atoms. The van der Waals surface area contributed by atoms with Gasteiger partial charge in [-0.15, -0.1) is 0 Å². The van der Waals surface area contributed by atoms with Crippen LogP contribution in [0.2, 0.25) is 0 Å². The molecule has 0 saturated carbocycles. The molecule has 1 aromatic heterocycles. The lowest BCUT2D eigenvalue weighted by Crippen LogP contribution is -2.22. The van der Waals surface area contributed by atoms with Gasteiger partial charge >= 0.3 is 0 Å². The van der Waals surface area contributed by atoms with Crippen molar-refractivity contribution >= 4 is 15.9 Å². The van der Waals surface area contributed by atoms with Gasteiger partial charge in [-0.1, -0.05) is 48.0 Å². The summed E-state index contributed by atoms with van der Waals surface area (Å²) in [7, 11) is 0. The van der Waals surface area contributed by atoms with E-state index >= 15 is 0 Å². The van der Waals surface area contributed by atoms with Gasteiger partial charge in [0.1, 0.15) is 6.61 Å². The number of ether oxygens (including phenoxy) is 1. The van der Waals surface area contributed by atoms with Crippen LogP contribution in [0.5, 0.6) is 5.88 Å². The Bertz CT molecular complexity index is 558. The number of pyridine rings is 1. The van der Waals surface area contributed by atoms with Crippen molar-refractivity contribution in [1.82, 2.24) is 10.3 Å². The predicted molar refractivity (Wildman–Crippen MR) is 84.7 cm³/mol. The van der Waals surface area contributed by atoms with Gasteiger partial charge in [-0.05, 0) is 23.8 Å². The second kappa shape index (κ2) is 7.41. The fourth-order valence-electron chi connectivity index (χ4n) is 1.73. The topological polar surface area (TPSA) is 34.1 Å². The summed E-state index contributed by atoms with van der Waals surface area (Å²) in [5.41, 5.74) is 2.11. The van der Waals surface area contributed by atoms with E-state index in [2.05, 4.69) is 40.1 Å². The van der Waals surface area contributed by atoms with Gasteiger partial charge in [0, 0.05) is 23.1 Å². The highest BCUT2D eigenvalue weighted by Gasteiger charge is 2.01. The summed E-state index contributed by atoms with van der Waals surface area (Å²) in [6.45, 7) is 5.51. The van der Waals surface area contributed by atoms with Crippen LogP contribution in [0.1, 0.15) is 25.1 Å². The summed E-state index contributed by atoms with van der Waals surface area (Å²) in [4.78, 5) is 4.49. The van der Waals surface area contributed by atoms with Crippen LogP contribution < -0.4 is 10.1 Å². The molecule has 2 aromatic rings. The number of nitrogens with zero attached hydrogens (tertiary/aromatic N) is 1. The van der Waals surface area contributed by atoms with E-state index < -0.39 is 0 Å². The van der Waals surface area contributed by atoms with E-state index in [0.29, 0.717) is 18.5 Å². The minimum Gasteiger partial charge on any atom is -0.473 e. The summed E-state index contributed by atoms with van der Waals surface area (Å²) >= 11 is 3.45. The Balaban J connectivity index is 1.94. The van der Waals surface area contributed by atoms with E-state index in [9.17, 15) is 0 Å². The number of benzene rings is 1. The van der Waals surface area contributed by atoms with Crippen molar-refractivity contribution in [2.45, 2.75) is 33.0 Å². The van der Waals surface area contributed by atoms with Gasteiger partial charge in [-0.3, -0.25) is 0 Å². The first kappa shape index (κ1) is 15.0. The smallest absolute Gasteiger partial charge is 0.213 e. The molecular formula is C16H19BrN2O. The molecule has 0 aliphatic carbocycles. The predicted octanol–water partition coefficient (Wildman–Crippen LogP) is 3.92. The first-order valence-corrected chi connectivity index (χ1v) is 7.49. The molecule has 0 fully saturated rings. The maximum atomic E-state index is 5.73. The number of halogens is 1. The molecular weight excluding hydrogens is 316 g/mol. The molecule has 1 N–H and O–H groups in total. The van der Waals surface area contributed by atoms with Crippen LogP contribution in [-0.4, -0.2) is 11.0 Å². The van der Waals surface area contributed by atoms with Crippen LogP contribution in [0.15, 0.2) is 46.9 Å². The van der Waals surface area contributed by atoms with Gasteiger partial charge in [0.15, 0.2) is 0 Å². The zero-order valence-electron chi connectivity index (χ0n) is 11.8. The van der Waals surface area contributed by atoms with Gasteiger partial charge in [0.05, 0.1) is 5.69 Å². The monoisotopic (exact) mass is 334 g/mol. The molecule has 0 radical (unpaired) electrons. The molecule has 0 aliphatic rings. The van der Waals surface area contributed by atoms with Crippen molar-refractivity contribution in [1.29, 1.82) is 0 Å². The van der Waals surface area contributed by atoms with E-state index in [0.717, 1.165) is 22.3 Å². The quantitative estimate of drug-likeness (QED) is 0.869. The van der Waals surface area contributed by atoms with Crippen molar-refractivity contribution in [2.75, 3.05) is 0 Å². The van der Waals surface area contributed by atoms with Crippen LogP contribution in [0.3, 0.4) is 0 Å². The highest BCUT2D eigenvalue weighted by molar-refractivity contribution is 9.10. The molecule has 0 saturated heterocycles. The Morgan fingerprint density at radius 3 is 2.75 bits per heavy atom. The SMILES string of the molecule is CC(C)NCc1cccc(OCc2cccc(Br)c2)n1. The van der Waals surface area contributed by atoms with Crippen LogP contribution in [0, 0.1) is 0 Å². The number of hydrogen-bond donors (Lipinski definition) is 1. The second-order valence-electron chi connectivity index (χ2n) is 4.92. The Morgan fingerprint density at radius 2 is 2.00 bits per heavy atom. The molecule has 1 heterocycles. The fourth-order valence-corrected chi connectivity index (χ4v) is 2.18. The summed E-state index contributed by atoms with van der Waals surface area (Å²) in [5.74, 6) is 0.660. The lowest BCUT2D eigenvalue weighted by atomic mass is 10.2. The Kier molecular flexibility index (Phi) is 5.56. The Labute approximate surface area is 128 Å². The van der Waals surface area contributed by atoms with Crippen LogP contribution >= 0.6 is 15.9 Å². The third kappa shape index (κ3) is 4.94. The largest absolute Gasteiger partial charge is 0.473 e. The highest BCUT2D eigenvalue weighted by atomic mass is 79.9. The molecule has 0 bridgehead atoms.